The normalized spacial score (nSPS) is 11.5. The lowest BCUT2D eigenvalue weighted by Gasteiger charge is -2.33. The van der Waals surface area contributed by atoms with Crippen molar-refractivity contribution < 1.29 is 9.53 Å². The molecule has 0 aliphatic heterocycles. The minimum atomic E-state index is -0.741. The van der Waals surface area contributed by atoms with Gasteiger partial charge in [-0.3, -0.25) is 0 Å². The monoisotopic (exact) mass is 251 g/mol. The van der Waals surface area contributed by atoms with Crippen molar-refractivity contribution >= 4 is 17.0 Å². The first kappa shape index (κ1) is 18.1. The summed E-state index contributed by atoms with van der Waals surface area (Å²) in [6, 6.07) is 0. The third-order valence-corrected chi connectivity index (χ3v) is 2.91. The fraction of sp³-hybridized carbons (Fsp3) is 0.917. The Morgan fingerprint density at radius 2 is 1.44 bits per heavy atom. The smallest absolute Gasteiger partial charge is 0.404 e. The first-order chi connectivity index (χ1) is 7.01. The maximum atomic E-state index is 9.80. The van der Waals surface area contributed by atoms with Crippen LogP contribution in [0.1, 0.15) is 48.5 Å². The van der Waals surface area contributed by atoms with Gasteiger partial charge in [0.15, 0.2) is 0 Å². The van der Waals surface area contributed by atoms with E-state index in [0.717, 1.165) is 0 Å². The van der Waals surface area contributed by atoms with E-state index in [1.54, 1.807) is 13.8 Å². The van der Waals surface area contributed by atoms with Gasteiger partial charge in [-0.15, -0.1) is 0 Å². The summed E-state index contributed by atoms with van der Waals surface area (Å²) in [5, 5.41) is 0. The van der Waals surface area contributed by atoms with E-state index in [1.807, 2.05) is 0 Å². The molecule has 0 aliphatic carbocycles. The van der Waals surface area contributed by atoms with Crippen molar-refractivity contribution in [2.45, 2.75) is 60.1 Å². The Hall–Kier alpha value is -0.280. The standard InChI is InChI=1S/C8H19N.C4H7ClO2/c1-6(2)8(5,9)7(3)4;1-3(2)7-4(5)6/h6-7H,9H2,1-5H3;3H,1-2H3. The van der Waals surface area contributed by atoms with Crippen LogP contribution in [0.2, 0.25) is 0 Å². The first-order valence-electron chi connectivity index (χ1n) is 5.66. The van der Waals surface area contributed by atoms with Crippen molar-refractivity contribution in [2.24, 2.45) is 17.6 Å². The summed E-state index contributed by atoms with van der Waals surface area (Å²) in [6.07, 6.45) is -0.106. The SMILES string of the molecule is CC(C)C(C)(N)C(C)C.CC(C)OC(=O)Cl. The Kier molecular flexibility index (Phi) is 8.94. The Bertz CT molecular complexity index is 191. The summed E-state index contributed by atoms with van der Waals surface area (Å²) in [6.45, 7) is 14.3. The van der Waals surface area contributed by atoms with Gasteiger partial charge in [0.25, 0.3) is 0 Å². The molecule has 0 bridgehead atoms. The third kappa shape index (κ3) is 8.98. The fourth-order valence-corrected chi connectivity index (χ4v) is 1.03. The molecule has 16 heavy (non-hydrogen) atoms. The van der Waals surface area contributed by atoms with Gasteiger partial charge in [-0.05, 0) is 32.6 Å². The number of nitrogens with two attached hydrogens (primary N) is 1. The number of rotatable bonds is 3. The molecule has 0 saturated carbocycles. The van der Waals surface area contributed by atoms with Crippen LogP contribution in [0.4, 0.5) is 4.79 Å². The molecular weight excluding hydrogens is 226 g/mol. The van der Waals surface area contributed by atoms with Crippen LogP contribution in [-0.4, -0.2) is 17.1 Å². The van der Waals surface area contributed by atoms with Crippen molar-refractivity contribution in [1.29, 1.82) is 0 Å². The predicted molar refractivity (Wildman–Crippen MR) is 69.7 cm³/mol. The highest BCUT2D eigenvalue weighted by molar-refractivity contribution is 6.61. The molecule has 0 aliphatic rings. The van der Waals surface area contributed by atoms with E-state index in [4.69, 9.17) is 17.3 Å². The van der Waals surface area contributed by atoms with Crippen LogP contribution in [0.3, 0.4) is 0 Å². The van der Waals surface area contributed by atoms with E-state index in [2.05, 4.69) is 39.4 Å². The van der Waals surface area contributed by atoms with Crippen LogP contribution in [0.15, 0.2) is 0 Å². The van der Waals surface area contributed by atoms with Gasteiger partial charge < -0.3 is 10.5 Å². The number of halogens is 1. The van der Waals surface area contributed by atoms with Gasteiger partial charge in [-0.2, -0.15) is 0 Å². The molecule has 0 aromatic carbocycles. The second kappa shape index (κ2) is 7.91. The van der Waals surface area contributed by atoms with Crippen molar-refractivity contribution in [3.05, 3.63) is 0 Å². The van der Waals surface area contributed by atoms with Crippen LogP contribution in [-0.2, 0) is 4.74 Å². The Balaban J connectivity index is 0. The molecular formula is C12H26ClNO2. The molecule has 0 aromatic rings. The number of ether oxygens (including phenoxy) is 1. The number of carbonyl (C=O) groups is 1. The molecule has 4 heteroatoms. The number of hydrogen-bond acceptors (Lipinski definition) is 3. The molecule has 0 radical (unpaired) electrons. The number of hydrogen-bond donors (Lipinski definition) is 1. The van der Waals surface area contributed by atoms with Crippen LogP contribution in [0, 0.1) is 11.8 Å². The van der Waals surface area contributed by atoms with Crippen LogP contribution >= 0.6 is 11.6 Å². The van der Waals surface area contributed by atoms with E-state index < -0.39 is 5.43 Å². The summed E-state index contributed by atoms with van der Waals surface area (Å²) in [5.74, 6) is 1.13. The molecule has 0 saturated heterocycles. The molecule has 0 amide bonds. The Morgan fingerprint density at radius 3 is 1.44 bits per heavy atom. The van der Waals surface area contributed by atoms with Gasteiger partial charge >= 0.3 is 5.43 Å². The molecule has 0 aromatic heterocycles. The number of carbonyl (C=O) groups excluding carboxylic acids is 1. The molecule has 0 rings (SSSR count). The van der Waals surface area contributed by atoms with E-state index >= 15 is 0 Å². The third-order valence-electron chi connectivity index (χ3n) is 2.82. The average Bonchev–Trinajstić information content (AvgIpc) is 2.01. The summed E-state index contributed by atoms with van der Waals surface area (Å²) < 4.78 is 4.38. The highest BCUT2D eigenvalue weighted by atomic mass is 35.5. The molecule has 2 N–H and O–H groups in total. The molecule has 3 nitrogen and oxygen atoms in total. The Labute approximate surface area is 105 Å². The van der Waals surface area contributed by atoms with Gasteiger partial charge in [0.2, 0.25) is 0 Å². The lowest BCUT2D eigenvalue weighted by atomic mass is 9.80. The summed E-state index contributed by atoms with van der Waals surface area (Å²) >= 11 is 4.81. The van der Waals surface area contributed by atoms with Gasteiger partial charge in [0.05, 0.1) is 6.10 Å². The average molecular weight is 252 g/mol. The van der Waals surface area contributed by atoms with E-state index in [0.29, 0.717) is 11.8 Å². The largest absolute Gasteiger partial charge is 0.451 e. The quantitative estimate of drug-likeness (QED) is 0.777. The van der Waals surface area contributed by atoms with E-state index in [9.17, 15) is 4.79 Å². The van der Waals surface area contributed by atoms with Crippen LogP contribution in [0.5, 0.6) is 0 Å². The van der Waals surface area contributed by atoms with Crippen molar-refractivity contribution in [3.63, 3.8) is 0 Å². The van der Waals surface area contributed by atoms with Crippen LogP contribution in [0.25, 0.3) is 0 Å². The zero-order valence-electron chi connectivity index (χ0n) is 11.5. The van der Waals surface area contributed by atoms with Gasteiger partial charge in [-0.1, -0.05) is 27.7 Å². The van der Waals surface area contributed by atoms with Crippen LogP contribution < -0.4 is 5.73 Å². The highest BCUT2D eigenvalue weighted by Crippen LogP contribution is 2.21. The van der Waals surface area contributed by atoms with Crippen molar-refractivity contribution in [1.82, 2.24) is 0 Å². The minimum absolute atomic E-state index is 0.000000000000000222. The summed E-state index contributed by atoms with van der Waals surface area (Å²) in [7, 11) is 0. The first-order valence-corrected chi connectivity index (χ1v) is 6.04. The molecule has 0 unspecified atom stereocenters. The Morgan fingerprint density at radius 1 is 1.12 bits per heavy atom. The maximum absolute atomic E-state index is 9.80. The van der Waals surface area contributed by atoms with Gasteiger partial charge in [-0.25, -0.2) is 4.79 Å². The van der Waals surface area contributed by atoms with E-state index in [1.165, 1.54) is 0 Å². The molecule has 0 spiro atoms. The molecule has 0 fully saturated rings. The van der Waals surface area contributed by atoms with E-state index in [-0.39, 0.29) is 11.6 Å². The maximum Gasteiger partial charge on any atom is 0.404 e. The predicted octanol–water partition coefficient (Wildman–Crippen LogP) is 3.79. The van der Waals surface area contributed by atoms with Gasteiger partial charge in [0, 0.05) is 17.1 Å². The topological polar surface area (TPSA) is 52.3 Å². The second-order valence-electron chi connectivity index (χ2n) is 5.08. The molecule has 0 atom stereocenters. The molecule has 0 heterocycles. The highest BCUT2D eigenvalue weighted by Gasteiger charge is 2.26. The summed E-state index contributed by atoms with van der Waals surface area (Å²) in [5.41, 5.74) is 5.26. The zero-order chi connectivity index (χ0) is 13.5. The second-order valence-corrected chi connectivity index (χ2v) is 5.39. The van der Waals surface area contributed by atoms with Crippen molar-refractivity contribution in [2.75, 3.05) is 0 Å². The summed E-state index contributed by atoms with van der Waals surface area (Å²) in [4.78, 5) is 9.80. The zero-order valence-corrected chi connectivity index (χ0v) is 12.3. The molecule has 98 valence electrons. The van der Waals surface area contributed by atoms with Crippen molar-refractivity contribution in [3.8, 4) is 0 Å². The minimum Gasteiger partial charge on any atom is -0.451 e. The lowest BCUT2D eigenvalue weighted by molar-refractivity contribution is 0.141. The fourth-order valence-electron chi connectivity index (χ4n) is 0.852. The lowest BCUT2D eigenvalue weighted by Crippen LogP contribution is -2.46. The van der Waals surface area contributed by atoms with Gasteiger partial charge in [0.1, 0.15) is 0 Å².